The van der Waals surface area contributed by atoms with E-state index >= 15 is 0 Å². The second-order valence-corrected chi connectivity index (χ2v) is 5.37. The third-order valence-electron chi connectivity index (χ3n) is 2.80. The van der Waals surface area contributed by atoms with Crippen molar-refractivity contribution in [2.45, 2.75) is 13.1 Å². The highest BCUT2D eigenvalue weighted by molar-refractivity contribution is 9.10. The highest BCUT2D eigenvalue weighted by Crippen LogP contribution is 2.32. The van der Waals surface area contributed by atoms with Crippen molar-refractivity contribution < 1.29 is 27.4 Å². The number of aromatic nitrogens is 2. The van der Waals surface area contributed by atoms with Gasteiger partial charge in [0.15, 0.2) is 5.69 Å². The number of alkyl halides is 3. The molecular formula is C14H10BrF3N2O3. The van der Waals surface area contributed by atoms with Crippen LogP contribution in [0.3, 0.4) is 0 Å². The number of aryl methyl sites for hydroxylation is 1. The molecule has 0 N–H and O–H groups in total. The molecule has 5 nitrogen and oxygen atoms in total. The molecule has 0 saturated heterocycles. The van der Waals surface area contributed by atoms with E-state index < -0.39 is 23.4 Å². The van der Waals surface area contributed by atoms with Gasteiger partial charge in [0, 0.05) is 4.47 Å². The van der Waals surface area contributed by atoms with Crippen LogP contribution in [-0.4, -0.2) is 23.3 Å². The fourth-order valence-corrected chi connectivity index (χ4v) is 2.16. The van der Waals surface area contributed by atoms with Crippen molar-refractivity contribution in [3.05, 3.63) is 45.6 Å². The van der Waals surface area contributed by atoms with Crippen LogP contribution in [-0.2, 0) is 10.9 Å². The standard InChI is InChI=1S/C14H10BrF3N2O3/c1-7-5-8(15)3-4-10(7)23-12-9(13(21)22-2)6-11(19-20-12)14(16,17)18/h3-6H,1-2H3. The molecule has 1 aromatic carbocycles. The minimum Gasteiger partial charge on any atom is -0.465 e. The van der Waals surface area contributed by atoms with E-state index in [4.69, 9.17) is 4.74 Å². The largest absolute Gasteiger partial charge is 0.465 e. The van der Waals surface area contributed by atoms with Gasteiger partial charge in [0.1, 0.15) is 11.3 Å². The van der Waals surface area contributed by atoms with E-state index in [-0.39, 0.29) is 5.88 Å². The van der Waals surface area contributed by atoms with Gasteiger partial charge in [-0.3, -0.25) is 0 Å². The molecular weight excluding hydrogens is 381 g/mol. The number of ether oxygens (including phenoxy) is 2. The molecule has 0 aliphatic heterocycles. The van der Waals surface area contributed by atoms with Crippen molar-refractivity contribution in [1.29, 1.82) is 0 Å². The number of methoxy groups -OCH3 is 1. The van der Waals surface area contributed by atoms with Gasteiger partial charge in [0.05, 0.1) is 7.11 Å². The summed E-state index contributed by atoms with van der Waals surface area (Å²) in [5, 5.41) is 6.42. The van der Waals surface area contributed by atoms with Gasteiger partial charge in [-0.15, -0.1) is 10.2 Å². The van der Waals surface area contributed by atoms with Crippen LogP contribution in [0.1, 0.15) is 21.6 Å². The highest BCUT2D eigenvalue weighted by atomic mass is 79.9. The van der Waals surface area contributed by atoms with E-state index in [2.05, 4.69) is 30.9 Å². The molecule has 0 unspecified atom stereocenters. The third-order valence-corrected chi connectivity index (χ3v) is 3.29. The van der Waals surface area contributed by atoms with Crippen molar-refractivity contribution in [3.8, 4) is 11.6 Å². The highest BCUT2D eigenvalue weighted by Gasteiger charge is 2.35. The lowest BCUT2D eigenvalue weighted by molar-refractivity contribution is -0.141. The van der Waals surface area contributed by atoms with Crippen LogP contribution >= 0.6 is 15.9 Å². The quantitative estimate of drug-likeness (QED) is 0.736. The maximum absolute atomic E-state index is 12.7. The predicted molar refractivity (Wildman–Crippen MR) is 77.3 cm³/mol. The summed E-state index contributed by atoms with van der Waals surface area (Å²) in [7, 11) is 1.05. The molecule has 23 heavy (non-hydrogen) atoms. The summed E-state index contributed by atoms with van der Waals surface area (Å²) in [6.07, 6.45) is -4.73. The van der Waals surface area contributed by atoms with E-state index in [0.717, 1.165) is 11.6 Å². The number of halogens is 4. The summed E-state index contributed by atoms with van der Waals surface area (Å²) in [4.78, 5) is 11.7. The van der Waals surface area contributed by atoms with Crippen LogP contribution in [0, 0.1) is 6.92 Å². The van der Waals surface area contributed by atoms with Gasteiger partial charge in [0.2, 0.25) is 0 Å². The lowest BCUT2D eigenvalue weighted by Gasteiger charge is -2.12. The van der Waals surface area contributed by atoms with Gasteiger partial charge in [-0.25, -0.2) is 4.79 Å². The summed E-state index contributed by atoms with van der Waals surface area (Å²) in [5.74, 6) is -1.04. The van der Waals surface area contributed by atoms with Gasteiger partial charge in [-0.05, 0) is 36.8 Å². The lowest BCUT2D eigenvalue weighted by Crippen LogP contribution is -2.14. The first-order valence-corrected chi connectivity index (χ1v) is 6.99. The van der Waals surface area contributed by atoms with Gasteiger partial charge < -0.3 is 9.47 Å². The van der Waals surface area contributed by atoms with Gasteiger partial charge in [0.25, 0.3) is 5.88 Å². The summed E-state index contributed by atoms with van der Waals surface area (Å²) >= 11 is 3.28. The molecule has 0 aliphatic rings. The number of hydrogen-bond donors (Lipinski definition) is 0. The van der Waals surface area contributed by atoms with Crippen LogP contribution in [0.2, 0.25) is 0 Å². The molecule has 0 fully saturated rings. The zero-order valence-corrected chi connectivity index (χ0v) is 13.5. The van der Waals surface area contributed by atoms with Crippen LogP contribution in [0.5, 0.6) is 11.6 Å². The number of nitrogens with zero attached hydrogens (tertiary/aromatic N) is 2. The molecule has 0 aliphatic carbocycles. The molecule has 1 heterocycles. The molecule has 1 aromatic heterocycles. The summed E-state index contributed by atoms with van der Waals surface area (Å²) in [6, 6.07) is 5.55. The van der Waals surface area contributed by atoms with Gasteiger partial charge >= 0.3 is 12.1 Å². The molecule has 0 atom stereocenters. The maximum Gasteiger partial charge on any atom is 0.435 e. The Balaban J connectivity index is 2.47. The Kier molecular flexibility index (Phi) is 4.88. The average Bonchev–Trinajstić information content (AvgIpc) is 2.48. The third kappa shape index (κ3) is 3.98. The van der Waals surface area contributed by atoms with Crippen LogP contribution in [0.25, 0.3) is 0 Å². The number of esters is 1. The predicted octanol–water partition coefficient (Wildman–Crippen LogP) is 4.15. The van der Waals surface area contributed by atoms with E-state index in [1.165, 1.54) is 0 Å². The first kappa shape index (κ1) is 17.2. The monoisotopic (exact) mass is 390 g/mol. The van der Waals surface area contributed by atoms with E-state index in [1.54, 1.807) is 25.1 Å². The number of benzene rings is 1. The normalized spacial score (nSPS) is 11.2. The van der Waals surface area contributed by atoms with E-state index in [1.807, 2.05) is 0 Å². The minimum atomic E-state index is -4.73. The Morgan fingerprint density at radius 2 is 1.91 bits per heavy atom. The molecule has 0 saturated carbocycles. The number of hydrogen-bond acceptors (Lipinski definition) is 5. The number of rotatable bonds is 3. The lowest BCUT2D eigenvalue weighted by atomic mass is 10.2. The molecule has 2 rings (SSSR count). The van der Waals surface area contributed by atoms with Crippen molar-refractivity contribution in [1.82, 2.24) is 10.2 Å². The van der Waals surface area contributed by atoms with Crippen molar-refractivity contribution in [2.24, 2.45) is 0 Å². The van der Waals surface area contributed by atoms with Crippen molar-refractivity contribution in [3.63, 3.8) is 0 Å². The zero-order valence-electron chi connectivity index (χ0n) is 11.9. The summed E-state index contributed by atoms with van der Waals surface area (Å²) in [6.45, 7) is 1.73. The second-order valence-electron chi connectivity index (χ2n) is 4.45. The van der Waals surface area contributed by atoms with E-state index in [9.17, 15) is 18.0 Å². The SMILES string of the molecule is COC(=O)c1cc(C(F)(F)F)nnc1Oc1ccc(Br)cc1C. The first-order valence-electron chi connectivity index (χ1n) is 6.19. The minimum absolute atomic E-state index is 0.326. The Morgan fingerprint density at radius 3 is 2.48 bits per heavy atom. The second kappa shape index (κ2) is 6.53. The van der Waals surface area contributed by atoms with Crippen LogP contribution in [0.15, 0.2) is 28.7 Å². The van der Waals surface area contributed by atoms with Crippen LogP contribution in [0.4, 0.5) is 13.2 Å². The summed E-state index contributed by atoms with van der Waals surface area (Å²) < 4.78 is 48.8. The fraction of sp³-hybridized carbons (Fsp3) is 0.214. The van der Waals surface area contributed by atoms with Crippen LogP contribution < -0.4 is 4.74 Å². The number of carbonyl (C=O) groups excluding carboxylic acids is 1. The molecule has 2 aromatic rings. The van der Waals surface area contributed by atoms with Gasteiger partial charge in [-0.1, -0.05) is 15.9 Å². The molecule has 0 bridgehead atoms. The Morgan fingerprint density at radius 1 is 1.22 bits per heavy atom. The smallest absolute Gasteiger partial charge is 0.435 e. The van der Waals surface area contributed by atoms with Crippen molar-refractivity contribution >= 4 is 21.9 Å². The maximum atomic E-state index is 12.7. The number of carbonyl (C=O) groups is 1. The zero-order chi connectivity index (χ0) is 17.2. The molecule has 0 amide bonds. The molecule has 0 radical (unpaired) electrons. The van der Waals surface area contributed by atoms with E-state index in [0.29, 0.717) is 17.4 Å². The summed E-state index contributed by atoms with van der Waals surface area (Å²) in [5.41, 5.74) is -1.08. The first-order chi connectivity index (χ1) is 10.7. The Hall–Kier alpha value is -2.16. The average molecular weight is 391 g/mol. The van der Waals surface area contributed by atoms with Crippen molar-refractivity contribution in [2.75, 3.05) is 7.11 Å². The molecule has 0 spiro atoms. The topological polar surface area (TPSA) is 61.3 Å². The molecule has 122 valence electrons. The van der Waals surface area contributed by atoms with Gasteiger partial charge in [-0.2, -0.15) is 13.2 Å². The Labute approximate surface area is 137 Å². The fourth-order valence-electron chi connectivity index (χ4n) is 1.68. The molecule has 9 heteroatoms. The Bertz CT molecular complexity index is 751.